The van der Waals surface area contributed by atoms with E-state index in [0.717, 1.165) is 13.0 Å². The van der Waals surface area contributed by atoms with Crippen LogP contribution >= 0.6 is 0 Å². The molecule has 0 aliphatic rings. The van der Waals surface area contributed by atoms with Crippen LogP contribution in [0.4, 0.5) is 0 Å². The van der Waals surface area contributed by atoms with Gasteiger partial charge in [0.2, 0.25) is 0 Å². The standard InChI is InChI=1S/C7H10O4/c1-3-5(8)7(2,11)4-6(9)10/h3,11H,1,4H2,2H3,(H,9,10). The topological polar surface area (TPSA) is 74.6 Å². The summed E-state index contributed by atoms with van der Waals surface area (Å²) < 4.78 is 0. The smallest absolute Gasteiger partial charge is 0.306 e. The van der Waals surface area contributed by atoms with E-state index in [9.17, 15) is 9.59 Å². The van der Waals surface area contributed by atoms with Gasteiger partial charge in [-0.25, -0.2) is 0 Å². The molecule has 2 N–H and O–H groups in total. The van der Waals surface area contributed by atoms with Crippen molar-refractivity contribution in [3.63, 3.8) is 0 Å². The molecule has 0 amide bonds. The fourth-order valence-corrected chi connectivity index (χ4v) is 0.601. The van der Waals surface area contributed by atoms with Crippen molar-refractivity contribution in [3.05, 3.63) is 12.7 Å². The molecule has 11 heavy (non-hydrogen) atoms. The van der Waals surface area contributed by atoms with Gasteiger partial charge in [-0.05, 0) is 13.0 Å². The third-order valence-electron chi connectivity index (χ3n) is 1.21. The van der Waals surface area contributed by atoms with Crippen LogP contribution in [0.3, 0.4) is 0 Å². The van der Waals surface area contributed by atoms with Gasteiger partial charge in [-0.3, -0.25) is 9.59 Å². The third kappa shape index (κ3) is 2.95. The number of aliphatic hydroxyl groups is 1. The Morgan fingerprint density at radius 1 is 1.64 bits per heavy atom. The molecule has 4 heteroatoms. The minimum Gasteiger partial charge on any atom is -0.481 e. The van der Waals surface area contributed by atoms with Gasteiger partial charge in [-0.15, -0.1) is 0 Å². The number of carboxylic acids is 1. The Kier molecular flexibility index (Phi) is 2.95. The first-order chi connectivity index (χ1) is 4.90. The molecule has 0 aromatic rings. The highest BCUT2D eigenvalue weighted by Crippen LogP contribution is 2.10. The van der Waals surface area contributed by atoms with Crippen molar-refractivity contribution in [2.75, 3.05) is 0 Å². The van der Waals surface area contributed by atoms with Crippen molar-refractivity contribution >= 4 is 11.8 Å². The summed E-state index contributed by atoms with van der Waals surface area (Å²) in [6.45, 7) is 4.28. The minimum absolute atomic E-state index is 0.599. The van der Waals surface area contributed by atoms with Gasteiger partial charge in [0.1, 0.15) is 5.60 Å². The quantitative estimate of drug-likeness (QED) is 0.563. The van der Waals surface area contributed by atoms with E-state index in [4.69, 9.17) is 10.2 Å². The van der Waals surface area contributed by atoms with Crippen LogP contribution < -0.4 is 0 Å². The molecule has 0 bridgehead atoms. The number of aliphatic carboxylic acids is 1. The summed E-state index contributed by atoms with van der Waals surface area (Å²) in [6.07, 6.45) is 0.306. The lowest BCUT2D eigenvalue weighted by atomic mass is 9.97. The predicted octanol–water partition coefficient (Wildman–Crippen LogP) is -0.0328. The van der Waals surface area contributed by atoms with E-state index in [0.29, 0.717) is 0 Å². The van der Waals surface area contributed by atoms with Gasteiger partial charge in [-0.2, -0.15) is 0 Å². The summed E-state index contributed by atoms with van der Waals surface area (Å²) >= 11 is 0. The largest absolute Gasteiger partial charge is 0.481 e. The second-order valence-corrected chi connectivity index (χ2v) is 2.41. The summed E-state index contributed by atoms with van der Waals surface area (Å²) in [5, 5.41) is 17.4. The van der Waals surface area contributed by atoms with Crippen LogP contribution in [0.25, 0.3) is 0 Å². The number of hydrogen-bond acceptors (Lipinski definition) is 3. The van der Waals surface area contributed by atoms with Gasteiger partial charge in [0.15, 0.2) is 5.78 Å². The van der Waals surface area contributed by atoms with E-state index in [-0.39, 0.29) is 0 Å². The molecule has 0 saturated heterocycles. The molecule has 1 unspecified atom stereocenters. The molecule has 4 nitrogen and oxygen atoms in total. The molecular weight excluding hydrogens is 148 g/mol. The lowest BCUT2D eigenvalue weighted by molar-refractivity contribution is -0.147. The Labute approximate surface area is 64.2 Å². The first kappa shape index (κ1) is 9.84. The van der Waals surface area contributed by atoms with Crippen LogP contribution in [0.15, 0.2) is 12.7 Å². The van der Waals surface area contributed by atoms with Crippen molar-refractivity contribution in [2.45, 2.75) is 18.9 Å². The molecule has 0 aromatic heterocycles. The van der Waals surface area contributed by atoms with Crippen molar-refractivity contribution in [1.29, 1.82) is 0 Å². The molecule has 0 radical (unpaired) electrons. The fourth-order valence-electron chi connectivity index (χ4n) is 0.601. The second kappa shape index (κ2) is 3.30. The number of rotatable bonds is 4. The highest BCUT2D eigenvalue weighted by molar-refractivity contribution is 5.98. The van der Waals surface area contributed by atoms with Gasteiger partial charge in [-0.1, -0.05) is 6.58 Å². The summed E-state index contributed by atoms with van der Waals surface area (Å²) in [7, 11) is 0. The first-order valence-corrected chi connectivity index (χ1v) is 3.01. The van der Waals surface area contributed by atoms with Gasteiger partial charge in [0.05, 0.1) is 6.42 Å². The minimum atomic E-state index is -1.83. The van der Waals surface area contributed by atoms with Crippen LogP contribution in [-0.4, -0.2) is 27.6 Å². The maximum atomic E-state index is 10.7. The molecule has 0 aliphatic heterocycles. The second-order valence-electron chi connectivity index (χ2n) is 2.41. The summed E-state index contributed by atoms with van der Waals surface area (Å²) in [4.78, 5) is 20.8. The summed E-state index contributed by atoms with van der Waals surface area (Å²) in [5.41, 5.74) is -1.83. The van der Waals surface area contributed by atoms with E-state index >= 15 is 0 Å². The zero-order chi connectivity index (χ0) is 9.07. The molecule has 0 aliphatic carbocycles. The zero-order valence-corrected chi connectivity index (χ0v) is 6.20. The predicted molar refractivity (Wildman–Crippen MR) is 38.1 cm³/mol. The average molecular weight is 158 g/mol. The lowest BCUT2D eigenvalue weighted by Gasteiger charge is -2.16. The highest BCUT2D eigenvalue weighted by Gasteiger charge is 2.30. The number of carbonyl (C=O) groups excluding carboxylic acids is 1. The molecule has 0 aromatic carbocycles. The van der Waals surface area contributed by atoms with Crippen molar-refractivity contribution in [1.82, 2.24) is 0 Å². The average Bonchev–Trinajstić information content (AvgIpc) is 1.83. The fraction of sp³-hybridized carbons (Fsp3) is 0.429. The number of ketones is 1. The van der Waals surface area contributed by atoms with Gasteiger partial charge in [0.25, 0.3) is 0 Å². The lowest BCUT2D eigenvalue weighted by Crippen LogP contribution is -2.36. The van der Waals surface area contributed by atoms with Crippen LogP contribution in [0.2, 0.25) is 0 Å². The maximum Gasteiger partial charge on any atom is 0.306 e. The normalized spacial score (nSPS) is 15.1. The van der Waals surface area contributed by atoms with Crippen LogP contribution in [0.5, 0.6) is 0 Å². The molecule has 0 saturated carbocycles. The van der Waals surface area contributed by atoms with Crippen LogP contribution in [0, 0.1) is 0 Å². The Bertz CT molecular complexity index is 193. The highest BCUT2D eigenvalue weighted by atomic mass is 16.4. The Hall–Kier alpha value is -1.16. The van der Waals surface area contributed by atoms with Gasteiger partial charge >= 0.3 is 5.97 Å². The monoisotopic (exact) mass is 158 g/mol. The summed E-state index contributed by atoms with van der Waals surface area (Å²) in [5.74, 6) is -1.90. The van der Waals surface area contributed by atoms with Crippen molar-refractivity contribution < 1.29 is 19.8 Å². The van der Waals surface area contributed by atoms with Gasteiger partial charge < -0.3 is 10.2 Å². The maximum absolute atomic E-state index is 10.7. The van der Waals surface area contributed by atoms with E-state index in [1.807, 2.05) is 0 Å². The van der Waals surface area contributed by atoms with E-state index in [1.165, 1.54) is 0 Å². The number of carbonyl (C=O) groups is 2. The Morgan fingerprint density at radius 3 is 2.36 bits per heavy atom. The Balaban J connectivity index is 4.32. The molecule has 0 rings (SSSR count). The van der Waals surface area contributed by atoms with Crippen LogP contribution in [0.1, 0.15) is 13.3 Å². The number of hydrogen-bond donors (Lipinski definition) is 2. The van der Waals surface area contributed by atoms with E-state index < -0.39 is 23.8 Å². The van der Waals surface area contributed by atoms with Crippen molar-refractivity contribution in [3.8, 4) is 0 Å². The van der Waals surface area contributed by atoms with E-state index in [1.54, 1.807) is 0 Å². The third-order valence-corrected chi connectivity index (χ3v) is 1.21. The molecule has 0 fully saturated rings. The molecule has 62 valence electrons. The molecule has 1 atom stereocenters. The summed E-state index contributed by atoms with van der Waals surface area (Å²) in [6, 6.07) is 0. The SMILES string of the molecule is C=CC(=O)C(C)(O)CC(=O)O. The first-order valence-electron chi connectivity index (χ1n) is 3.01. The Morgan fingerprint density at radius 2 is 2.09 bits per heavy atom. The number of carboxylic acid groups (broad SMARTS) is 1. The van der Waals surface area contributed by atoms with Gasteiger partial charge in [0, 0.05) is 0 Å². The van der Waals surface area contributed by atoms with Crippen molar-refractivity contribution in [2.24, 2.45) is 0 Å². The molecule has 0 heterocycles. The molecular formula is C7H10O4. The zero-order valence-electron chi connectivity index (χ0n) is 6.20. The molecule has 0 spiro atoms. The van der Waals surface area contributed by atoms with E-state index in [2.05, 4.69) is 6.58 Å². The van der Waals surface area contributed by atoms with Crippen LogP contribution in [-0.2, 0) is 9.59 Å².